The van der Waals surface area contributed by atoms with Gasteiger partial charge in [0.2, 0.25) is 0 Å². The van der Waals surface area contributed by atoms with Crippen LogP contribution in [0.15, 0.2) is 23.7 Å². The number of amides is 1. The van der Waals surface area contributed by atoms with Gasteiger partial charge in [-0.25, -0.2) is 0 Å². The summed E-state index contributed by atoms with van der Waals surface area (Å²) in [6.45, 7) is 3.33. The smallest absolute Gasteiger partial charge is 0.270 e. The van der Waals surface area contributed by atoms with E-state index in [-0.39, 0.29) is 5.91 Å². The van der Waals surface area contributed by atoms with Gasteiger partial charge in [0.05, 0.1) is 0 Å². The molecule has 2 aliphatic rings. The van der Waals surface area contributed by atoms with E-state index in [1.807, 2.05) is 17.5 Å². The minimum Gasteiger partial charge on any atom is -0.346 e. The molecule has 0 saturated carbocycles. The number of fused-ring (bicyclic) bond motifs is 3. The molecular weight excluding hydrogens is 258 g/mol. The third-order valence-electron chi connectivity index (χ3n) is 4.22. The quantitative estimate of drug-likeness (QED) is 0.906. The number of hydrogen-bond donors (Lipinski definition) is 1. The van der Waals surface area contributed by atoms with Crippen molar-refractivity contribution >= 4 is 27.3 Å². The lowest BCUT2D eigenvalue weighted by molar-refractivity contribution is 0.0919. The molecule has 4 rings (SSSR count). The van der Waals surface area contributed by atoms with E-state index in [0.717, 1.165) is 23.2 Å². The maximum atomic E-state index is 12.3. The Labute approximate surface area is 115 Å². The molecule has 2 bridgehead atoms. The monoisotopic (exact) mass is 273 g/mol. The fourth-order valence-electron chi connectivity index (χ4n) is 3.17. The number of thiophene rings is 1. The van der Waals surface area contributed by atoms with Gasteiger partial charge < -0.3 is 10.2 Å². The summed E-state index contributed by atoms with van der Waals surface area (Å²) in [5, 5.41) is 6.27. The normalized spacial score (nSPS) is 28.9. The Balaban J connectivity index is 1.53. The summed E-state index contributed by atoms with van der Waals surface area (Å²) in [5.74, 6) is 0.600. The van der Waals surface area contributed by atoms with Gasteiger partial charge in [0, 0.05) is 35.4 Å². The molecule has 0 aromatic carbocycles. The van der Waals surface area contributed by atoms with E-state index in [1.54, 1.807) is 17.5 Å². The summed E-state index contributed by atoms with van der Waals surface area (Å²) in [7, 11) is 0. The highest BCUT2D eigenvalue weighted by Crippen LogP contribution is 2.28. The van der Waals surface area contributed by atoms with Crippen LogP contribution in [0.3, 0.4) is 0 Å². The van der Waals surface area contributed by atoms with Crippen molar-refractivity contribution in [3.63, 3.8) is 0 Å². The second-order valence-electron chi connectivity index (χ2n) is 5.42. The number of carbonyl (C=O) groups is 1. The molecule has 3 unspecified atom stereocenters. The van der Waals surface area contributed by atoms with Gasteiger partial charge in [-0.3, -0.25) is 9.78 Å². The van der Waals surface area contributed by atoms with Gasteiger partial charge in [-0.2, -0.15) is 0 Å². The van der Waals surface area contributed by atoms with Crippen molar-refractivity contribution in [2.24, 2.45) is 5.92 Å². The highest BCUT2D eigenvalue weighted by Gasteiger charge is 2.38. The molecule has 2 aromatic heterocycles. The number of carbonyl (C=O) groups excluding carboxylic acids is 1. The predicted octanol–water partition coefficient (Wildman–Crippen LogP) is 1.73. The zero-order valence-corrected chi connectivity index (χ0v) is 11.3. The Bertz CT molecular complexity index is 638. The van der Waals surface area contributed by atoms with Crippen LogP contribution in [0.2, 0.25) is 0 Å². The first-order valence-corrected chi connectivity index (χ1v) is 7.54. The Morgan fingerprint density at radius 3 is 3.21 bits per heavy atom. The first kappa shape index (κ1) is 11.4. The molecule has 3 atom stereocenters. The topological polar surface area (TPSA) is 45.2 Å². The number of nitrogens with zero attached hydrogens (tertiary/aromatic N) is 2. The van der Waals surface area contributed by atoms with Crippen molar-refractivity contribution in [2.45, 2.75) is 12.5 Å². The third-order valence-corrected chi connectivity index (χ3v) is 5.10. The molecule has 0 radical (unpaired) electrons. The molecule has 5 heteroatoms. The van der Waals surface area contributed by atoms with Crippen LogP contribution in [0.25, 0.3) is 10.1 Å². The Kier molecular flexibility index (Phi) is 2.56. The number of pyridine rings is 1. The van der Waals surface area contributed by atoms with Gasteiger partial charge in [-0.15, -0.1) is 11.3 Å². The average Bonchev–Trinajstić information content (AvgIpc) is 3.13. The summed E-state index contributed by atoms with van der Waals surface area (Å²) in [6, 6.07) is 4.22. The Morgan fingerprint density at radius 2 is 2.42 bits per heavy atom. The molecule has 2 fully saturated rings. The number of aromatic nitrogens is 1. The van der Waals surface area contributed by atoms with Crippen molar-refractivity contribution < 1.29 is 4.79 Å². The van der Waals surface area contributed by atoms with Crippen LogP contribution < -0.4 is 5.32 Å². The first-order chi connectivity index (χ1) is 9.29. The van der Waals surface area contributed by atoms with Crippen LogP contribution >= 0.6 is 11.3 Å². The molecule has 4 heterocycles. The minimum atomic E-state index is -0.0333. The van der Waals surface area contributed by atoms with Gasteiger partial charge in [0.1, 0.15) is 5.69 Å². The highest BCUT2D eigenvalue weighted by atomic mass is 32.1. The number of piperidine rings is 1. The van der Waals surface area contributed by atoms with Gasteiger partial charge in [0.25, 0.3) is 5.91 Å². The molecular formula is C14H15N3OS. The van der Waals surface area contributed by atoms with Crippen molar-refractivity contribution in [2.75, 3.05) is 19.6 Å². The molecule has 2 aromatic rings. The molecule has 0 aliphatic carbocycles. The van der Waals surface area contributed by atoms with Gasteiger partial charge in [-0.1, -0.05) is 0 Å². The van der Waals surface area contributed by atoms with Crippen molar-refractivity contribution in [1.82, 2.24) is 15.2 Å². The molecule has 1 N–H and O–H groups in total. The maximum absolute atomic E-state index is 12.3. The van der Waals surface area contributed by atoms with E-state index >= 15 is 0 Å². The van der Waals surface area contributed by atoms with E-state index in [4.69, 9.17) is 0 Å². The van der Waals surface area contributed by atoms with Crippen LogP contribution in [0.5, 0.6) is 0 Å². The lowest BCUT2D eigenvalue weighted by Crippen LogP contribution is -2.43. The maximum Gasteiger partial charge on any atom is 0.270 e. The molecule has 2 saturated heterocycles. The van der Waals surface area contributed by atoms with Crippen molar-refractivity contribution in [3.8, 4) is 0 Å². The zero-order valence-electron chi connectivity index (χ0n) is 10.5. The summed E-state index contributed by atoms with van der Waals surface area (Å²) in [6.07, 6.45) is 2.99. The summed E-state index contributed by atoms with van der Waals surface area (Å²) in [5.41, 5.74) is 0.535. The van der Waals surface area contributed by atoms with Crippen LogP contribution in [0, 0.1) is 5.92 Å². The standard InChI is InChI=1S/C14H15N3OS/c18-14(16-12-8-17-3-1-10(12)7-17)11-5-13-9(6-15-11)2-4-19-13/h2,4-6,10,12H,1,3,7-8H2,(H,16,18). The second kappa shape index (κ2) is 4.28. The van der Waals surface area contributed by atoms with Gasteiger partial charge in [-0.05, 0) is 36.4 Å². The molecule has 4 nitrogen and oxygen atoms in total. The van der Waals surface area contributed by atoms with Gasteiger partial charge >= 0.3 is 0 Å². The Morgan fingerprint density at radius 1 is 1.47 bits per heavy atom. The minimum absolute atomic E-state index is 0.0333. The Hall–Kier alpha value is -1.46. The van der Waals surface area contributed by atoms with E-state index in [2.05, 4.69) is 15.2 Å². The van der Waals surface area contributed by atoms with Crippen LogP contribution in [-0.2, 0) is 0 Å². The van der Waals surface area contributed by atoms with Gasteiger partial charge in [0.15, 0.2) is 0 Å². The molecule has 98 valence electrons. The lowest BCUT2D eigenvalue weighted by atomic mass is 10.00. The van der Waals surface area contributed by atoms with E-state index in [0.29, 0.717) is 17.7 Å². The number of nitrogens with one attached hydrogen (secondary N) is 1. The highest BCUT2D eigenvalue weighted by molar-refractivity contribution is 7.17. The number of hydrogen-bond acceptors (Lipinski definition) is 4. The molecule has 19 heavy (non-hydrogen) atoms. The second-order valence-corrected chi connectivity index (χ2v) is 6.36. The largest absolute Gasteiger partial charge is 0.346 e. The predicted molar refractivity (Wildman–Crippen MR) is 75.4 cm³/mol. The van der Waals surface area contributed by atoms with Crippen molar-refractivity contribution in [1.29, 1.82) is 0 Å². The number of rotatable bonds is 2. The van der Waals surface area contributed by atoms with E-state index in [9.17, 15) is 4.79 Å². The van der Waals surface area contributed by atoms with Crippen LogP contribution in [0.4, 0.5) is 0 Å². The third kappa shape index (κ3) is 1.93. The fraction of sp³-hybridized carbons (Fsp3) is 0.429. The van der Waals surface area contributed by atoms with Crippen LogP contribution in [0.1, 0.15) is 16.9 Å². The summed E-state index contributed by atoms with van der Waals surface area (Å²) >= 11 is 1.65. The van der Waals surface area contributed by atoms with Crippen LogP contribution in [-0.4, -0.2) is 41.5 Å². The first-order valence-electron chi connectivity index (χ1n) is 6.66. The molecule has 1 amide bonds. The average molecular weight is 273 g/mol. The molecule has 0 spiro atoms. The van der Waals surface area contributed by atoms with E-state index in [1.165, 1.54) is 13.0 Å². The SMILES string of the molecule is O=C(NC1CN2CCC1C2)c1cc2sccc2cn1. The zero-order chi connectivity index (χ0) is 12.8. The summed E-state index contributed by atoms with van der Waals surface area (Å²) in [4.78, 5) is 18.9. The fourth-order valence-corrected chi connectivity index (χ4v) is 3.97. The van der Waals surface area contributed by atoms with Crippen molar-refractivity contribution in [3.05, 3.63) is 29.4 Å². The van der Waals surface area contributed by atoms with E-state index < -0.39 is 0 Å². The lowest BCUT2D eigenvalue weighted by Gasteiger charge is -2.22. The summed E-state index contributed by atoms with van der Waals surface area (Å²) < 4.78 is 1.12. The molecule has 2 aliphatic heterocycles.